The second kappa shape index (κ2) is 6.27. The Hall–Kier alpha value is -3.46. The molecule has 2 aliphatic rings. The van der Waals surface area contributed by atoms with Crippen LogP contribution >= 0.6 is 0 Å². The molecule has 0 aromatic heterocycles. The Kier molecular flexibility index (Phi) is 3.64. The van der Waals surface area contributed by atoms with Crippen molar-refractivity contribution >= 4 is 35.3 Å². The number of hydrogen-bond acceptors (Lipinski definition) is 2. The van der Waals surface area contributed by atoms with Crippen LogP contribution in [0.15, 0.2) is 91.0 Å². The molecule has 0 fully saturated rings. The van der Waals surface area contributed by atoms with Gasteiger partial charge in [0.1, 0.15) is 11.5 Å². The maximum absolute atomic E-state index is 6.30. The quantitative estimate of drug-likeness (QED) is 0.363. The van der Waals surface area contributed by atoms with Crippen molar-refractivity contribution in [3.05, 3.63) is 102 Å². The average Bonchev–Trinajstić information content (AvgIpc) is 2.78. The summed E-state index contributed by atoms with van der Waals surface area (Å²) in [7, 11) is 0.909. The van der Waals surface area contributed by atoms with E-state index in [0.717, 1.165) is 24.5 Å². The van der Waals surface area contributed by atoms with E-state index in [0.29, 0.717) is 0 Å². The first-order valence-corrected chi connectivity index (χ1v) is 10.5. The van der Waals surface area contributed by atoms with E-state index < -0.39 is 0 Å². The standard InChI is InChI=1S/C27H22BNO/c1-27(2)19-9-3-6-12-23(19)29(24-13-7-4-10-20(24)27)18-15-16-22-26(17-18)30-25-14-8-5-11-21(25)28-22/h3-17,28H,1-2H3. The summed E-state index contributed by atoms with van der Waals surface area (Å²) in [4.78, 5) is 2.38. The lowest BCUT2D eigenvalue weighted by molar-refractivity contribution is 0.488. The third-order valence-corrected chi connectivity index (χ3v) is 6.52. The van der Waals surface area contributed by atoms with Crippen LogP contribution in [0, 0.1) is 0 Å². The van der Waals surface area contributed by atoms with Crippen LogP contribution < -0.4 is 20.6 Å². The summed E-state index contributed by atoms with van der Waals surface area (Å²) in [5.74, 6) is 1.91. The predicted octanol–water partition coefficient (Wildman–Crippen LogP) is 5.29. The van der Waals surface area contributed by atoms with Gasteiger partial charge in [0.2, 0.25) is 7.28 Å². The molecule has 0 aliphatic carbocycles. The molecule has 144 valence electrons. The monoisotopic (exact) mass is 387 g/mol. The highest BCUT2D eigenvalue weighted by atomic mass is 16.5. The summed E-state index contributed by atoms with van der Waals surface area (Å²) in [6.45, 7) is 4.63. The second-order valence-corrected chi connectivity index (χ2v) is 8.67. The highest BCUT2D eigenvalue weighted by Crippen LogP contribution is 2.51. The van der Waals surface area contributed by atoms with Crippen LogP contribution in [0.4, 0.5) is 17.1 Å². The Balaban J connectivity index is 1.53. The van der Waals surface area contributed by atoms with Crippen LogP contribution in [0.5, 0.6) is 11.5 Å². The van der Waals surface area contributed by atoms with E-state index in [9.17, 15) is 0 Å². The van der Waals surface area contributed by atoms with Crippen molar-refractivity contribution in [3.8, 4) is 11.5 Å². The first kappa shape index (κ1) is 17.4. The van der Waals surface area contributed by atoms with Crippen molar-refractivity contribution in [1.29, 1.82) is 0 Å². The molecule has 2 aliphatic heterocycles. The minimum absolute atomic E-state index is 0.0483. The number of rotatable bonds is 1. The summed E-state index contributed by atoms with van der Waals surface area (Å²) < 4.78 is 6.30. The van der Waals surface area contributed by atoms with Crippen molar-refractivity contribution in [1.82, 2.24) is 0 Å². The Bertz CT molecular complexity index is 1240. The number of nitrogens with zero attached hydrogens (tertiary/aromatic N) is 1. The number of benzene rings is 4. The summed E-state index contributed by atoms with van der Waals surface area (Å²) in [6.07, 6.45) is 0. The van der Waals surface area contributed by atoms with Gasteiger partial charge >= 0.3 is 0 Å². The molecule has 0 saturated heterocycles. The summed E-state index contributed by atoms with van der Waals surface area (Å²) >= 11 is 0. The molecule has 0 N–H and O–H groups in total. The van der Waals surface area contributed by atoms with Crippen LogP contribution in [0.3, 0.4) is 0 Å². The number of hydrogen-bond donors (Lipinski definition) is 0. The third kappa shape index (κ3) is 2.45. The molecule has 0 amide bonds. The predicted molar refractivity (Wildman–Crippen MR) is 126 cm³/mol. The van der Waals surface area contributed by atoms with Crippen molar-refractivity contribution in [2.45, 2.75) is 19.3 Å². The maximum atomic E-state index is 6.30. The maximum Gasteiger partial charge on any atom is 0.202 e. The summed E-state index contributed by atoms with van der Waals surface area (Å²) in [5.41, 5.74) is 8.70. The van der Waals surface area contributed by atoms with Gasteiger partial charge < -0.3 is 9.64 Å². The Morgan fingerprint density at radius 1 is 0.667 bits per heavy atom. The lowest BCUT2D eigenvalue weighted by atomic mass is 9.62. The SMILES string of the molecule is CC1(C)c2ccccc2N(c2ccc3c(c2)Oc2ccccc2B3)c2ccccc21. The summed E-state index contributed by atoms with van der Waals surface area (Å²) in [5, 5.41) is 0. The van der Waals surface area contributed by atoms with Crippen LogP contribution in [0.2, 0.25) is 0 Å². The molecule has 2 heterocycles. The Labute approximate surface area is 178 Å². The molecular weight excluding hydrogens is 365 g/mol. The van der Waals surface area contributed by atoms with Gasteiger partial charge in [0.15, 0.2) is 0 Å². The average molecular weight is 387 g/mol. The number of anilines is 3. The van der Waals surface area contributed by atoms with Crippen molar-refractivity contribution in [2.75, 3.05) is 4.90 Å². The fraction of sp³-hybridized carbons (Fsp3) is 0.111. The summed E-state index contributed by atoms with van der Waals surface area (Å²) in [6, 6.07) is 32.4. The van der Waals surface area contributed by atoms with E-state index in [4.69, 9.17) is 4.74 Å². The first-order valence-electron chi connectivity index (χ1n) is 10.5. The number of ether oxygens (including phenoxy) is 1. The molecule has 6 rings (SSSR count). The zero-order valence-electron chi connectivity index (χ0n) is 17.2. The molecule has 4 aromatic carbocycles. The van der Waals surface area contributed by atoms with Crippen molar-refractivity contribution < 1.29 is 4.74 Å². The smallest absolute Gasteiger partial charge is 0.202 e. The van der Waals surface area contributed by atoms with Gasteiger partial charge in [-0.05, 0) is 46.3 Å². The van der Waals surface area contributed by atoms with Gasteiger partial charge in [0.25, 0.3) is 0 Å². The van der Waals surface area contributed by atoms with Gasteiger partial charge in [-0.1, -0.05) is 74.5 Å². The third-order valence-electron chi connectivity index (χ3n) is 6.52. The Morgan fingerprint density at radius 3 is 2.00 bits per heavy atom. The zero-order chi connectivity index (χ0) is 20.3. The normalized spacial score (nSPS) is 15.1. The fourth-order valence-electron chi connectivity index (χ4n) is 4.94. The molecule has 0 bridgehead atoms. The topological polar surface area (TPSA) is 12.5 Å². The molecule has 2 nitrogen and oxygen atoms in total. The molecule has 0 unspecified atom stereocenters. The van der Waals surface area contributed by atoms with E-state index in [1.165, 1.54) is 33.4 Å². The fourth-order valence-corrected chi connectivity index (χ4v) is 4.94. The minimum Gasteiger partial charge on any atom is -0.458 e. The lowest BCUT2D eigenvalue weighted by Gasteiger charge is -2.42. The Morgan fingerprint density at radius 2 is 1.27 bits per heavy atom. The number of fused-ring (bicyclic) bond motifs is 4. The van der Waals surface area contributed by atoms with Gasteiger partial charge in [0, 0.05) is 17.2 Å². The highest BCUT2D eigenvalue weighted by molar-refractivity contribution is 6.69. The molecular formula is C27H22BNO. The molecule has 30 heavy (non-hydrogen) atoms. The van der Waals surface area contributed by atoms with E-state index in [1.54, 1.807) is 0 Å². The molecule has 0 spiro atoms. The van der Waals surface area contributed by atoms with Gasteiger partial charge in [-0.3, -0.25) is 0 Å². The van der Waals surface area contributed by atoms with Crippen LogP contribution in [0.25, 0.3) is 0 Å². The van der Waals surface area contributed by atoms with E-state index >= 15 is 0 Å². The molecule has 4 aromatic rings. The molecule has 0 saturated carbocycles. The van der Waals surface area contributed by atoms with Crippen LogP contribution in [-0.2, 0) is 5.41 Å². The van der Waals surface area contributed by atoms with Crippen molar-refractivity contribution in [3.63, 3.8) is 0 Å². The van der Waals surface area contributed by atoms with Crippen LogP contribution in [-0.4, -0.2) is 7.28 Å². The molecule has 3 heteroatoms. The number of para-hydroxylation sites is 3. The zero-order valence-corrected chi connectivity index (χ0v) is 17.2. The highest BCUT2D eigenvalue weighted by Gasteiger charge is 2.36. The van der Waals surface area contributed by atoms with Crippen molar-refractivity contribution in [2.24, 2.45) is 0 Å². The minimum atomic E-state index is -0.0483. The van der Waals surface area contributed by atoms with Gasteiger partial charge in [-0.2, -0.15) is 0 Å². The van der Waals surface area contributed by atoms with E-state index in [2.05, 4.69) is 104 Å². The first-order chi connectivity index (χ1) is 14.6. The van der Waals surface area contributed by atoms with E-state index in [-0.39, 0.29) is 5.41 Å². The van der Waals surface area contributed by atoms with Gasteiger partial charge in [0.05, 0.1) is 11.4 Å². The second-order valence-electron chi connectivity index (χ2n) is 8.67. The van der Waals surface area contributed by atoms with Crippen LogP contribution in [0.1, 0.15) is 25.0 Å². The van der Waals surface area contributed by atoms with E-state index in [1.807, 2.05) is 6.07 Å². The largest absolute Gasteiger partial charge is 0.458 e. The van der Waals surface area contributed by atoms with Gasteiger partial charge in [-0.15, -0.1) is 0 Å². The van der Waals surface area contributed by atoms with Gasteiger partial charge in [-0.25, -0.2) is 0 Å². The molecule has 0 atom stereocenters. The molecule has 0 radical (unpaired) electrons. The lowest BCUT2D eigenvalue weighted by Crippen LogP contribution is -2.34.